The van der Waals surface area contributed by atoms with Crippen LogP contribution in [0.25, 0.3) is 0 Å². The molecule has 2 fully saturated rings. The molecule has 2 saturated heterocycles. The van der Waals surface area contributed by atoms with Gasteiger partial charge >= 0.3 is 0 Å². The Hall–Kier alpha value is -1.01. The summed E-state index contributed by atoms with van der Waals surface area (Å²) < 4.78 is 11.4. The van der Waals surface area contributed by atoms with E-state index in [-0.39, 0.29) is 6.29 Å². The largest absolute Gasteiger partial charge is 0.353 e. The van der Waals surface area contributed by atoms with Crippen LogP contribution >= 0.6 is 0 Å². The highest BCUT2D eigenvalue weighted by molar-refractivity contribution is 5.08. The lowest BCUT2D eigenvalue weighted by Gasteiger charge is -2.37. The van der Waals surface area contributed by atoms with Crippen molar-refractivity contribution >= 4 is 0 Å². The third-order valence-electron chi connectivity index (χ3n) is 5.13. The molecule has 1 aromatic heterocycles. The zero-order valence-electron chi connectivity index (χ0n) is 14.9. The molecule has 0 radical (unpaired) electrons. The quantitative estimate of drug-likeness (QED) is 0.717. The van der Waals surface area contributed by atoms with Crippen LogP contribution in [0.4, 0.5) is 0 Å². The van der Waals surface area contributed by atoms with Crippen LogP contribution in [-0.4, -0.2) is 67.0 Å². The maximum atomic E-state index is 5.82. The van der Waals surface area contributed by atoms with Gasteiger partial charge in [-0.05, 0) is 44.7 Å². The van der Waals surface area contributed by atoms with E-state index in [4.69, 9.17) is 9.47 Å². The maximum Gasteiger partial charge on any atom is 0.157 e. The molecule has 3 heterocycles. The summed E-state index contributed by atoms with van der Waals surface area (Å²) in [5.41, 5.74) is 1.17. The predicted octanol–water partition coefficient (Wildman–Crippen LogP) is 2.69. The molecule has 1 aromatic rings. The lowest BCUT2D eigenvalue weighted by atomic mass is 10.1. The van der Waals surface area contributed by atoms with Crippen LogP contribution in [0, 0.1) is 0 Å². The summed E-state index contributed by atoms with van der Waals surface area (Å²) in [6.07, 6.45) is 6.51. The van der Waals surface area contributed by atoms with Crippen molar-refractivity contribution in [1.82, 2.24) is 14.8 Å². The molecule has 24 heavy (non-hydrogen) atoms. The van der Waals surface area contributed by atoms with Crippen molar-refractivity contribution in [2.24, 2.45) is 0 Å². The Morgan fingerprint density at radius 1 is 1.25 bits per heavy atom. The highest BCUT2D eigenvalue weighted by atomic mass is 16.7. The number of ether oxygens (including phenoxy) is 2. The summed E-state index contributed by atoms with van der Waals surface area (Å²) in [7, 11) is 0. The molecular weight excluding hydrogens is 302 g/mol. The van der Waals surface area contributed by atoms with Crippen LogP contribution in [0.2, 0.25) is 0 Å². The van der Waals surface area contributed by atoms with E-state index < -0.39 is 0 Å². The van der Waals surface area contributed by atoms with Gasteiger partial charge in [-0.3, -0.25) is 9.88 Å². The Bertz CT molecular complexity index is 457. The molecule has 5 heteroatoms. The van der Waals surface area contributed by atoms with Crippen molar-refractivity contribution < 1.29 is 9.47 Å². The predicted molar refractivity (Wildman–Crippen MR) is 94.8 cm³/mol. The van der Waals surface area contributed by atoms with Crippen molar-refractivity contribution in [1.29, 1.82) is 0 Å². The number of piperazine rings is 1. The smallest absolute Gasteiger partial charge is 0.157 e. The van der Waals surface area contributed by atoms with Crippen molar-refractivity contribution in [2.75, 3.05) is 45.9 Å². The molecule has 0 aliphatic carbocycles. The van der Waals surface area contributed by atoms with E-state index in [1.54, 1.807) is 0 Å². The molecule has 0 aromatic carbocycles. The Kier molecular flexibility index (Phi) is 7.02. The summed E-state index contributed by atoms with van der Waals surface area (Å²) in [6.45, 7) is 9.56. The number of aromatic nitrogens is 1. The first kappa shape index (κ1) is 17.8. The molecule has 2 aliphatic rings. The van der Waals surface area contributed by atoms with E-state index in [0.717, 1.165) is 58.8 Å². The van der Waals surface area contributed by atoms with Crippen LogP contribution < -0.4 is 0 Å². The van der Waals surface area contributed by atoms with Gasteiger partial charge in [0.25, 0.3) is 0 Å². The molecule has 0 N–H and O–H groups in total. The van der Waals surface area contributed by atoms with E-state index in [1.165, 1.54) is 18.5 Å². The molecule has 2 atom stereocenters. The van der Waals surface area contributed by atoms with Crippen LogP contribution in [0.1, 0.15) is 44.3 Å². The first-order valence-electron chi connectivity index (χ1n) is 9.43. The van der Waals surface area contributed by atoms with Crippen LogP contribution in [0.5, 0.6) is 0 Å². The summed E-state index contributed by atoms with van der Waals surface area (Å²) in [6, 6.07) is 6.58. The van der Waals surface area contributed by atoms with E-state index in [9.17, 15) is 0 Å². The molecule has 2 aliphatic heterocycles. The Morgan fingerprint density at radius 2 is 2.12 bits per heavy atom. The van der Waals surface area contributed by atoms with Crippen molar-refractivity contribution in [2.45, 2.75) is 44.9 Å². The van der Waals surface area contributed by atoms with Gasteiger partial charge in [-0.25, -0.2) is 0 Å². The van der Waals surface area contributed by atoms with Gasteiger partial charge < -0.3 is 14.4 Å². The van der Waals surface area contributed by atoms with E-state index in [0.29, 0.717) is 6.04 Å². The number of pyridine rings is 1. The van der Waals surface area contributed by atoms with Gasteiger partial charge in [0.2, 0.25) is 0 Å². The fraction of sp³-hybridized carbons (Fsp3) is 0.737. The van der Waals surface area contributed by atoms with E-state index in [1.807, 2.05) is 12.3 Å². The third kappa shape index (κ3) is 5.24. The molecule has 0 amide bonds. The Labute approximate surface area is 145 Å². The first-order valence-corrected chi connectivity index (χ1v) is 9.43. The second-order valence-electron chi connectivity index (χ2n) is 6.83. The molecule has 3 rings (SSSR count). The van der Waals surface area contributed by atoms with Crippen molar-refractivity contribution in [3.05, 3.63) is 30.1 Å². The lowest BCUT2D eigenvalue weighted by molar-refractivity contribution is -0.163. The van der Waals surface area contributed by atoms with Crippen LogP contribution in [-0.2, 0) is 9.47 Å². The molecule has 5 nitrogen and oxygen atoms in total. The summed E-state index contributed by atoms with van der Waals surface area (Å²) in [5, 5.41) is 0. The first-order chi connectivity index (χ1) is 11.8. The summed E-state index contributed by atoms with van der Waals surface area (Å²) >= 11 is 0. The third-order valence-corrected chi connectivity index (χ3v) is 5.13. The molecule has 134 valence electrons. The van der Waals surface area contributed by atoms with Gasteiger partial charge in [0.05, 0.1) is 12.3 Å². The minimum absolute atomic E-state index is 0.0508. The van der Waals surface area contributed by atoms with E-state index >= 15 is 0 Å². The van der Waals surface area contributed by atoms with Gasteiger partial charge in [-0.2, -0.15) is 0 Å². The van der Waals surface area contributed by atoms with Gasteiger partial charge in [0.1, 0.15) is 0 Å². The van der Waals surface area contributed by atoms with Crippen molar-refractivity contribution in [3.63, 3.8) is 0 Å². The average molecular weight is 333 g/mol. The molecule has 0 unspecified atom stereocenters. The molecule has 0 bridgehead atoms. The van der Waals surface area contributed by atoms with Crippen LogP contribution in [0.3, 0.4) is 0 Å². The number of hydrogen-bond donors (Lipinski definition) is 0. The Morgan fingerprint density at radius 3 is 2.83 bits per heavy atom. The van der Waals surface area contributed by atoms with Crippen molar-refractivity contribution in [3.8, 4) is 0 Å². The van der Waals surface area contributed by atoms with Gasteiger partial charge in [0.15, 0.2) is 6.29 Å². The number of nitrogens with zero attached hydrogens (tertiary/aromatic N) is 3. The molecular formula is C19H31N3O2. The normalized spacial score (nSPS) is 24.8. The van der Waals surface area contributed by atoms with Gasteiger partial charge in [0, 0.05) is 51.6 Å². The second-order valence-corrected chi connectivity index (χ2v) is 6.83. The summed E-state index contributed by atoms with van der Waals surface area (Å²) in [4.78, 5) is 9.58. The molecule has 0 spiro atoms. The minimum Gasteiger partial charge on any atom is -0.353 e. The fourth-order valence-electron chi connectivity index (χ4n) is 3.53. The second kappa shape index (κ2) is 9.47. The Balaban J connectivity index is 1.30. The zero-order valence-corrected chi connectivity index (χ0v) is 14.9. The van der Waals surface area contributed by atoms with Gasteiger partial charge in [-0.1, -0.05) is 6.07 Å². The number of rotatable bonds is 7. The fourth-order valence-corrected chi connectivity index (χ4v) is 3.53. The topological polar surface area (TPSA) is 37.8 Å². The maximum absolute atomic E-state index is 5.82. The zero-order chi connectivity index (χ0) is 16.6. The highest BCUT2D eigenvalue weighted by Crippen LogP contribution is 2.19. The number of hydrogen-bond acceptors (Lipinski definition) is 5. The standard InChI is InChI=1S/C19H31N3O2/c1-17(18-7-2-4-9-20-18)22-13-11-21(12-14-22)10-6-16-24-19-8-3-5-15-23-19/h2,4,7,9,17,19H,3,5-6,8,10-16H2,1H3/t17-,19+/m0/s1. The molecule has 0 saturated carbocycles. The van der Waals surface area contributed by atoms with E-state index in [2.05, 4.69) is 33.8 Å². The lowest BCUT2D eigenvalue weighted by Crippen LogP contribution is -2.47. The highest BCUT2D eigenvalue weighted by Gasteiger charge is 2.22. The SMILES string of the molecule is C[C@@H](c1ccccn1)N1CCN(CCCO[C@@H]2CCCCO2)CC1. The minimum atomic E-state index is 0.0508. The van der Waals surface area contributed by atoms with Gasteiger partial charge in [-0.15, -0.1) is 0 Å². The average Bonchev–Trinajstić information content (AvgIpc) is 2.67. The van der Waals surface area contributed by atoms with Crippen LogP contribution in [0.15, 0.2) is 24.4 Å². The monoisotopic (exact) mass is 333 g/mol. The summed E-state index contributed by atoms with van der Waals surface area (Å²) in [5.74, 6) is 0.